The van der Waals surface area contributed by atoms with Gasteiger partial charge in [0, 0.05) is 5.41 Å². The van der Waals surface area contributed by atoms with E-state index in [0.717, 1.165) is 12.8 Å². The second-order valence-corrected chi connectivity index (χ2v) is 4.69. The summed E-state index contributed by atoms with van der Waals surface area (Å²) in [4.78, 5) is 0. The van der Waals surface area contributed by atoms with Gasteiger partial charge in [-0.3, -0.25) is 0 Å². The lowest BCUT2D eigenvalue weighted by Crippen LogP contribution is -2.23. The molecular weight excluding hydrogens is 204 g/mol. The molecule has 84 valence electrons. The molecule has 0 atom stereocenters. The van der Waals surface area contributed by atoms with Crippen molar-refractivity contribution < 1.29 is 0 Å². The fraction of sp³-hybridized carbons (Fsp3) is 0.176. The van der Waals surface area contributed by atoms with Crippen LogP contribution in [0.4, 0.5) is 0 Å². The number of rotatable bonds is 2. The molecule has 0 aromatic heterocycles. The van der Waals surface area contributed by atoms with Gasteiger partial charge >= 0.3 is 0 Å². The maximum atomic E-state index is 2.31. The third-order valence-electron chi connectivity index (χ3n) is 3.75. The van der Waals surface area contributed by atoms with E-state index < -0.39 is 0 Å². The molecule has 0 spiro atoms. The molecule has 2 aromatic carbocycles. The fourth-order valence-electron chi connectivity index (χ4n) is 2.80. The van der Waals surface area contributed by atoms with Crippen molar-refractivity contribution in [3.8, 4) is 0 Å². The van der Waals surface area contributed by atoms with Crippen LogP contribution in [0.3, 0.4) is 0 Å². The zero-order chi connectivity index (χ0) is 11.6. The van der Waals surface area contributed by atoms with E-state index in [1.54, 1.807) is 0 Å². The third kappa shape index (κ3) is 1.70. The van der Waals surface area contributed by atoms with Gasteiger partial charge in [-0.2, -0.15) is 0 Å². The first kappa shape index (κ1) is 10.3. The molecule has 0 nitrogen and oxygen atoms in total. The Kier molecular flexibility index (Phi) is 2.56. The molecule has 0 radical (unpaired) electrons. The summed E-state index contributed by atoms with van der Waals surface area (Å²) in [7, 11) is 0. The largest absolute Gasteiger partial charge is 0.0873 e. The first-order valence-corrected chi connectivity index (χ1v) is 6.18. The number of hydrogen-bond donors (Lipinski definition) is 0. The molecule has 0 bridgehead atoms. The van der Waals surface area contributed by atoms with Crippen molar-refractivity contribution in [2.45, 2.75) is 18.3 Å². The highest BCUT2D eigenvalue weighted by molar-refractivity contribution is 5.42. The van der Waals surface area contributed by atoms with E-state index in [2.05, 4.69) is 72.8 Å². The van der Waals surface area contributed by atoms with E-state index in [9.17, 15) is 0 Å². The van der Waals surface area contributed by atoms with Gasteiger partial charge in [-0.1, -0.05) is 72.8 Å². The average Bonchev–Trinajstić information content (AvgIpc) is 2.91. The summed E-state index contributed by atoms with van der Waals surface area (Å²) in [6, 6.07) is 21.7. The van der Waals surface area contributed by atoms with E-state index in [0.29, 0.717) is 0 Å². The highest BCUT2D eigenvalue weighted by atomic mass is 14.4. The highest BCUT2D eigenvalue weighted by Gasteiger charge is 2.34. The SMILES string of the molecule is C1=CCC(c2ccccc2)(c2ccccc2)C1. The van der Waals surface area contributed by atoms with Crippen LogP contribution < -0.4 is 0 Å². The molecule has 0 saturated heterocycles. The van der Waals surface area contributed by atoms with Gasteiger partial charge in [-0.25, -0.2) is 0 Å². The van der Waals surface area contributed by atoms with E-state index in [1.807, 2.05) is 0 Å². The highest BCUT2D eigenvalue weighted by Crippen LogP contribution is 2.42. The van der Waals surface area contributed by atoms with E-state index in [1.165, 1.54) is 11.1 Å². The van der Waals surface area contributed by atoms with Crippen molar-refractivity contribution in [1.82, 2.24) is 0 Å². The quantitative estimate of drug-likeness (QED) is 0.661. The van der Waals surface area contributed by atoms with Gasteiger partial charge in [0.15, 0.2) is 0 Å². The van der Waals surface area contributed by atoms with Crippen molar-refractivity contribution in [2.24, 2.45) is 0 Å². The Hall–Kier alpha value is -1.82. The minimum absolute atomic E-state index is 0.169. The molecule has 2 aromatic rings. The lowest BCUT2D eigenvalue weighted by Gasteiger charge is -2.30. The molecule has 17 heavy (non-hydrogen) atoms. The minimum atomic E-state index is 0.169. The van der Waals surface area contributed by atoms with Crippen LogP contribution in [-0.4, -0.2) is 0 Å². The summed E-state index contributed by atoms with van der Waals surface area (Å²) < 4.78 is 0. The first-order chi connectivity index (χ1) is 8.42. The molecule has 0 aliphatic heterocycles. The first-order valence-electron chi connectivity index (χ1n) is 6.18. The van der Waals surface area contributed by atoms with Gasteiger partial charge in [-0.15, -0.1) is 0 Å². The second-order valence-electron chi connectivity index (χ2n) is 4.69. The van der Waals surface area contributed by atoms with Crippen molar-refractivity contribution in [1.29, 1.82) is 0 Å². The van der Waals surface area contributed by atoms with Crippen LogP contribution >= 0.6 is 0 Å². The van der Waals surface area contributed by atoms with Crippen molar-refractivity contribution in [3.63, 3.8) is 0 Å². The standard InChI is InChI=1S/C17H16/c1-3-9-15(10-4-1)17(13-7-8-14-17)16-11-5-2-6-12-16/h1-12H,13-14H2. The Morgan fingerprint density at radius 1 is 0.588 bits per heavy atom. The van der Waals surface area contributed by atoms with Crippen LogP contribution in [0.25, 0.3) is 0 Å². The summed E-state index contributed by atoms with van der Waals surface area (Å²) in [5.41, 5.74) is 3.02. The van der Waals surface area contributed by atoms with Crippen LogP contribution in [0.5, 0.6) is 0 Å². The summed E-state index contributed by atoms with van der Waals surface area (Å²) in [5, 5.41) is 0. The fourth-order valence-corrected chi connectivity index (χ4v) is 2.80. The molecule has 0 fully saturated rings. The predicted octanol–water partition coefficient (Wildman–Crippen LogP) is 4.32. The van der Waals surface area contributed by atoms with Gasteiger partial charge in [0.25, 0.3) is 0 Å². The summed E-state index contributed by atoms with van der Waals surface area (Å²) in [5.74, 6) is 0. The zero-order valence-electron chi connectivity index (χ0n) is 9.84. The summed E-state index contributed by atoms with van der Waals surface area (Å²) in [6.45, 7) is 0. The maximum Gasteiger partial charge on any atom is 0.0271 e. The monoisotopic (exact) mass is 220 g/mol. The Balaban J connectivity index is 2.12. The average molecular weight is 220 g/mol. The van der Waals surface area contributed by atoms with Crippen LogP contribution in [-0.2, 0) is 5.41 Å². The molecule has 0 amide bonds. The van der Waals surface area contributed by atoms with Crippen molar-refractivity contribution in [2.75, 3.05) is 0 Å². The number of hydrogen-bond acceptors (Lipinski definition) is 0. The van der Waals surface area contributed by atoms with Gasteiger partial charge < -0.3 is 0 Å². The van der Waals surface area contributed by atoms with Gasteiger partial charge in [0.2, 0.25) is 0 Å². The number of benzene rings is 2. The topological polar surface area (TPSA) is 0 Å². The van der Waals surface area contributed by atoms with Gasteiger partial charge in [-0.05, 0) is 24.0 Å². The molecule has 0 heterocycles. The third-order valence-corrected chi connectivity index (χ3v) is 3.75. The number of allylic oxidation sites excluding steroid dienone is 2. The lowest BCUT2D eigenvalue weighted by molar-refractivity contribution is 0.557. The molecule has 0 heteroatoms. The molecule has 0 unspecified atom stereocenters. The van der Waals surface area contributed by atoms with E-state index in [-0.39, 0.29) is 5.41 Å². The maximum absolute atomic E-state index is 2.31. The lowest BCUT2D eigenvalue weighted by atomic mass is 9.73. The second kappa shape index (κ2) is 4.21. The van der Waals surface area contributed by atoms with Crippen molar-refractivity contribution >= 4 is 0 Å². The molecular formula is C17H16. The smallest absolute Gasteiger partial charge is 0.0271 e. The Morgan fingerprint density at radius 2 is 1.00 bits per heavy atom. The van der Waals surface area contributed by atoms with Crippen LogP contribution in [0, 0.1) is 0 Å². The Bertz CT molecular complexity index is 459. The molecule has 0 N–H and O–H groups in total. The van der Waals surface area contributed by atoms with Crippen LogP contribution in [0.1, 0.15) is 24.0 Å². The molecule has 3 rings (SSSR count). The Morgan fingerprint density at radius 3 is 1.41 bits per heavy atom. The van der Waals surface area contributed by atoms with Gasteiger partial charge in [0.1, 0.15) is 0 Å². The van der Waals surface area contributed by atoms with Gasteiger partial charge in [0.05, 0.1) is 0 Å². The zero-order valence-corrected chi connectivity index (χ0v) is 9.84. The molecule has 1 aliphatic carbocycles. The predicted molar refractivity (Wildman–Crippen MR) is 72.0 cm³/mol. The molecule has 1 aliphatic rings. The molecule has 0 saturated carbocycles. The Labute approximate surface area is 103 Å². The van der Waals surface area contributed by atoms with E-state index >= 15 is 0 Å². The normalized spacial score (nSPS) is 17.2. The van der Waals surface area contributed by atoms with Crippen molar-refractivity contribution in [3.05, 3.63) is 83.9 Å². The minimum Gasteiger partial charge on any atom is -0.0873 e. The van der Waals surface area contributed by atoms with Crippen LogP contribution in [0.2, 0.25) is 0 Å². The van der Waals surface area contributed by atoms with Crippen LogP contribution in [0.15, 0.2) is 72.8 Å². The summed E-state index contributed by atoms with van der Waals surface area (Å²) >= 11 is 0. The van der Waals surface area contributed by atoms with E-state index in [4.69, 9.17) is 0 Å². The summed E-state index contributed by atoms with van der Waals surface area (Å²) in [6.07, 6.45) is 6.84.